The van der Waals surface area contributed by atoms with E-state index < -0.39 is 0 Å². The first-order valence-corrected chi connectivity index (χ1v) is 9.90. The number of nitrogens with one attached hydrogen (secondary N) is 1. The van der Waals surface area contributed by atoms with Crippen molar-refractivity contribution < 1.29 is 14.3 Å². The normalized spacial score (nSPS) is 10.9. The van der Waals surface area contributed by atoms with Crippen molar-refractivity contribution in [1.29, 1.82) is 0 Å². The van der Waals surface area contributed by atoms with Gasteiger partial charge in [0.05, 0.1) is 18.9 Å². The second kappa shape index (κ2) is 9.59. The molecular weight excluding hydrogens is 388 g/mol. The maximum atomic E-state index is 12.6. The Bertz CT molecular complexity index is 1200. The van der Waals surface area contributed by atoms with E-state index in [1.165, 1.54) is 0 Å². The quantitative estimate of drug-likeness (QED) is 0.337. The van der Waals surface area contributed by atoms with Gasteiger partial charge in [0.1, 0.15) is 18.1 Å². The summed E-state index contributed by atoms with van der Waals surface area (Å²) < 4.78 is 11.2. The summed E-state index contributed by atoms with van der Waals surface area (Å²) in [4.78, 5) is 12.6. The molecule has 154 valence electrons. The van der Waals surface area contributed by atoms with E-state index in [2.05, 4.69) is 10.5 Å². The zero-order chi connectivity index (χ0) is 21.5. The molecule has 0 heterocycles. The number of methoxy groups -OCH3 is 1. The van der Waals surface area contributed by atoms with Crippen molar-refractivity contribution in [2.45, 2.75) is 6.61 Å². The van der Waals surface area contributed by atoms with Crippen molar-refractivity contribution in [3.8, 4) is 11.5 Å². The monoisotopic (exact) mass is 410 g/mol. The minimum Gasteiger partial charge on any atom is -0.496 e. The van der Waals surface area contributed by atoms with Crippen LogP contribution in [0.5, 0.6) is 11.5 Å². The Morgan fingerprint density at radius 3 is 2.29 bits per heavy atom. The maximum Gasteiger partial charge on any atom is 0.275 e. The van der Waals surface area contributed by atoms with Gasteiger partial charge in [0.2, 0.25) is 0 Å². The van der Waals surface area contributed by atoms with Crippen LogP contribution in [-0.4, -0.2) is 19.2 Å². The minimum absolute atomic E-state index is 0.332. The van der Waals surface area contributed by atoms with Gasteiger partial charge in [0, 0.05) is 0 Å². The first-order chi connectivity index (χ1) is 15.2. The molecule has 0 radical (unpaired) electrons. The lowest BCUT2D eigenvalue weighted by molar-refractivity contribution is 0.0952. The van der Waals surface area contributed by atoms with Crippen molar-refractivity contribution in [2.75, 3.05) is 7.11 Å². The summed E-state index contributed by atoms with van der Waals surface area (Å²) in [5.74, 6) is 0.943. The molecule has 0 unspecified atom stereocenters. The van der Waals surface area contributed by atoms with Gasteiger partial charge in [-0.1, -0.05) is 54.6 Å². The van der Waals surface area contributed by atoms with Crippen molar-refractivity contribution in [3.63, 3.8) is 0 Å². The van der Waals surface area contributed by atoms with Gasteiger partial charge in [-0.3, -0.25) is 4.79 Å². The highest BCUT2D eigenvalue weighted by Crippen LogP contribution is 2.25. The number of fused-ring (bicyclic) bond motifs is 1. The molecule has 0 fully saturated rings. The molecule has 1 amide bonds. The number of carbonyl (C=O) groups is 1. The lowest BCUT2D eigenvalue weighted by atomic mass is 10.1. The SMILES string of the molecule is COc1cc2ccccc2cc1C(=O)NN=Cc1ccc(OCc2ccccc2)cc1. The van der Waals surface area contributed by atoms with E-state index in [1.54, 1.807) is 19.4 Å². The van der Waals surface area contributed by atoms with Gasteiger partial charge in [0.25, 0.3) is 5.91 Å². The largest absolute Gasteiger partial charge is 0.496 e. The number of hydrogen-bond acceptors (Lipinski definition) is 4. The molecular formula is C26H22N2O3. The molecule has 0 atom stereocenters. The molecule has 0 aliphatic heterocycles. The average molecular weight is 410 g/mol. The lowest BCUT2D eigenvalue weighted by Crippen LogP contribution is -2.18. The van der Waals surface area contributed by atoms with Crippen molar-refractivity contribution in [1.82, 2.24) is 5.43 Å². The summed E-state index contributed by atoms with van der Waals surface area (Å²) in [6.45, 7) is 0.512. The van der Waals surface area contributed by atoms with Gasteiger partial charge in [0.15, 0.2) is 0 Å². The Balaban J connectivity index is 1.38. The molecule has 31 heavy (non-hydrogen) atoms. The highest BCUT2D eigenvalue weighted by atomic mass is 16.5. The third kappa shape index (κ3) is 5.08. The topological polar surface area (TPSA) is 59.9 Å². The fourth-order valence-electron chi connectivity index (χ4n) is 3.18. The predicted octanol–water partition coefficient (Wildman–Crippen LogP) is 5.19. The molecule has 0 aromatic heterocycles. The van der Waals surface area contributed by atoms with E-state index in [0.29, 0.717) is 17.9 Å². The second-order valence-corrected chi connectivity index (χ2v) is 6.94. The van der Waals surface area contributed by atoms with Crippen LogP contribution in [0.1, 0.15) is 21.5 Å². The van der Waals surface area contributed by atoms with Gasteiger partial charge in [-0.25, -0.2) is 5.43 Å². The maximum absolute atomic E-state index is 12.6. The van der Waals surface area contributed by atoms with Gasteiger partial charge < -0.3 is 9.47 Å². The Labute approximate surface area is 180 Å². The standard InChI is InChI=1S/C26H22N2O3/c1-30-25-16-22-10-6-5-9-21(22)15-24(25)26(29)28-27-17-19-11-13-23(14-12-19)31-18-20-7-3-2-4-8-20/h2-17H,18H2,1H3,(H,28,29). The summed E-state index contributed by atoms with van der Waals surface area (Å²) >= 11 is 0. The molecule has 0 spiro atoms. The zero-order valence-corrected chi connectivity index (χ0v) is 17.1. The van der Waals surface area contributed by atoms with E-state index in [9.17, 15) is 4.79 Å². The minimum atomic E-state index is -0.332. The molecule has 4 aromatic carbocycles. The number of amides is 1. The summed E-state index contributed by atoms with van der Waals surface area (Å²) in [6.07, 6.45) is 1.59. The van der Waals surface area contributed by atoms with Gasteiger partial charge in [-0.15, -0.1) is 0 Å². The lowest BCUT2D eigenvalue weighted by Gasteiger charge is -2.09. The van der Waals surface area contributed by atoms with E-state index in [1.807, 2.05) is 84.9 Å². The summed E-state index contributed by atoms with van der Waals surface area (Å²) in [7, 11) is 1.55. The molecule has 0 saturated carbocycles. The van der Waals surface area contributed by atoms with Crippen LogP contribution < -0.4 is 14.9 Å². The van der Waals surface area contributed by atoms with Crippen molar-refractivity contribution >= 4 is 22.9 Å². The second-order valence-electron chi connectivity index (χ2n) is 6.94. The Hall–Kier alpha value is -4.12. The summed E-state index contributed by atoms with van der Waals surface area (Å²) in [6, 6.07) is 29.0. The van der Waals surface area contributed by atoms with Crippen LogP contribution in [0, 0.1) is 0 Å². The summed E-state index contributed by atoms with van der Waals surface area (Å²) in [5.41, 5.74) is 4.96. The van der Waals surface area contributed by atoms with Crippen LogP contribution in [0.4, 0.5) is 0 Å². The number of ether oxygens (including phenoxy) is 2. The molecule has 5 heteroatoms. The number of nitrogens with zero attached hydrogens (tertiary/aromatic N) is 1. The van der Waals surface area contributed by atoms with E-state index in [-0.39, 0.29) is 5.91 Å². The van der Waals surface area contributed by atoms with E-state index in [4.69, 9.17) is 9.47 Å². The Kier molecular flexibility index (Phi) is 6.24. The molecule has 1 N–H and O–H groups in total. The molecule has 0 aliphatic rings. The number of carbonyl (C=O) groups excluding carboxylic acids is 1. The highest BCUT2D eigenvalue weighted by Gasteiger charge is 2.13. The third-order valence-electron chi connectivity index (χ3n) is 4.82. The Morgan fingerprint density at radius 2 is 1.58 bits per heavy atom. The van der Waals surface area contributed by atoms with Gasteiger partial charge in [-0.05, 0) is 58.3 Å². The Morgan fingerprint density at radius 1 is 0.903 bits per heavy atom. The highest BCUT2D eigenvalue weighted by molar-refractivity contribution is 6.01. The van der Waals surface area contributed by atoms with Crippen LogP contribution in [0.15, 0.2) is 96.1 Å². The van der Waals surface area contributed by atoms with Crippen LogP contribution in [0.2, 0.25) is 0 Å². The first-order valence-electron chi connectivity index (χ1n) is 9.90. The predicted molar refractivity (Wildman–Crippen MR) is 123 cm³/mol. The van der Waals surface area contributed by atoms with Crippen LogP contribution in [0.25, 0.3) is 10.8 Å². The molecule has 0 aliphatic carbocycles. The van der Waals surface area contributed by atoms with Gasteiger partial charge >= 0.3 is 0 Å². The molecule has 5 nitrogen and oxygen atoms in total. The van der Waals surface area contributed by atoms with Crippen LogP contribution >= 0.6 is 0 Å². The van der Waals surface area contributed by atoms with E-state index in [0.717, 1.165) is 27.6 Å². The average Bonchev–Trinajstić information content (AvgIpc) is 2.83. The number of rotatable bonds is 7. The molecule has 0 saturated heterocycles. The molecule has 4 rings (SSSR count). The van der Waals surface area contributed by atoms with E-state index >= 15 is 0 Å². The molecule has 0 bridgehead atoms. The first kappa shape index (κ1) is 20.2. The van der Waals surface area contributed by atoms with Gasteiger partial charge in [-0.2, -0.15) is 5.10 Å². The fraction of sp³-hybridized carbons (Fsp3) is 0.0769. The fourth-order valence-corrected chi connectivity index (χ4v) is 3.18. The summed E-state index contributed by atoms with van der Waals surface area (Å²) in [5, 5.41) is 6.05. The third-order valence-corrected chi connectivity index (χ3v) is 4.82. The number of hydrazone groups is 1. The van der Waals surface area contributed by atoms with Crippen molar-refractivity contribution in [2.24, 2.45) is 5.10 Å². The van der Waals surface area contributed by atoms with Crippen molar-refractivity contribution in [3.05, 3.63) is 108 Å². The van der Waals surface area contributed by atoms with Crippen LogP contribution in [-0.2, 0) is 6.61 Å². The molecule has 4 aromatic rings. The number of hydrogen-bond donors (Lipinski definition) is 1. The number of benzene rings is 4. The zero-order valence-electron chi connectivity index (χ0n) is 17.1. The smallest absolute Gasteiger partial charge is 0.275 e. The van der Waals surface area contributed by atoms with Crippen LogP contribution in [0.3, 0.4) is 0 Å².